The highest BCUT2D eigenvalue weighted by atomic mass is 35.5. The van der Waals surface area contributed by atoms with Crippen molar-refractivity contribution in [1.82, 2.24) is 15.3 Å². The van der Waals surface area contributed by atoms with Gasteiger partial charge in [0.15, 0.2) is 5.75 Å². The Morgan fingerprint density at radius 3 is 2.50 bits per heavy atom. The molecule has 3 rings (SSSR count). The molecule has 0 radical (unpaired) electrons. The van der Waals surface area contributed by atoms with Gasteiger partial charge < -0.3 is 10.1 Å². The zero-order valence-electron chi connectivity index (χ0n) is 15.5. The highest BCUT2D eigenvalue weighted by molar-refractivity contribution is 6.28. The SMILES string of the molecule is Cc1cc(NC(=O)NC(=O)c2ccccc2[N+](=O)[O-])ccc1Oc1cnc(Cl)nc1. The predicted molar refractivity (Wildman–Crippen MR) is 108 cm³/mol. The monoisotopic (exact) mass is 427 g/mol. The van der Waals surface area contributed by atoms with E-state index in [-0.39, 0.29) is 10.8 Å². The zero-order chi connectivity index (χ0) is 21.7. The molecule has 0 aliphatic rings. The van der Waals surface area contributed by atoms with Crippen molar-refractivity contribution in [3.8, 4) is 11.5 Å². The number of ether oxygens (including phenoxy) is 1. The van der Waals surface area contributed by atoms with E-state index in [1.54, 1.807) is 25.1 Å². The number of urea groups is 1. The Hall–Kier alpha value is -4.05. The highest BCUT2D eigenvalue weighted by Crippen LogP contribution is 2.27. The number of carbonyl (C=O) groups is 2. The van der Waals surface area contributed by atoms with Gasteiger partial charge in [0.2, 0.25) is 5.28 Å². The molecule has 0 spiro atoms. The number of amides is 3. The van der Waals surface area contributed by atoms with Gasteiger partial charge in [-0.1, -0.05) is 12.1 Å². The molecule has 0 unspecified atom stereocenters. The first-order chi connectivity index (χ1) is 14.3. The number of benzene rings is 2. The van der Waals surface area contributed by atoms with E-state index in [1.165, 1.54) is 36.7 Å². The molecule has 0 fully saturated rings. The highest BCUT2D eigenvalue weighted by Gasteiger charge is 2.21. The van der Waals surface area contributed by atoms with E-state index in [0.717, 1.165) is 0 Å². The summed E-state index contributed by atoms with van der Waals surface area (Å²) < 4.78 is 5.65. The van der Waals surface area contributed by atoms with Crippen LogP contribution in [0.2, 0.25) is 5.28 Å². The lowest BCUT2D eigenvalue weighted by Gasteiger charge is -2.11. The fourth-order valence-electron chi connectivity index (χ4n) is 2.48. The zero-order valence-corrected chi connectivity index (χ0v) is 16.2. The third-order valence-corrected chi connectivity index (χ3v) is 4.02. The fourth-order valence-corrected chi connectivity index (χ4v) is 2.58. The molecule has 3 amide bonds. The molecule has 11 heteroatoms. The van der Waals surface area contributed by atoms with Gasteiger partial charge in [-0.3, -0.25) is 20.2 Å². The molecule has 0 bridgehead atoms. The maximum atomic E-state index is 12.2. The summed E-state index contributed by atoms with van der Waals surface area (Å²) >= 11 is 5.63. The summed E-state index contributed by atoms with van der Waals surface area (Å²) in [5.41, 5.74) is 0.460. The van der Waals surface area contributed by atoms with Crippen LogP contribution in [-0.2, 0) is 0 Å². The van der Waals surface area contributed by atoms with Gasteiger partial charge in [-0.25, -0.2) is 14.8 Å². The molecule has 152 valence electrons. The van der Waals surface area contributed by atoms with Gasteiger partial charge in [-0.05, 0) is 48.4 Å². The van der Waals surface area contributed by atoms with Crippen molar-refractivity contribution >= 4 is 34.9 Å². The molecule has 30 heavy (non-hydrogen) atoms. The number of carbonyl (C=O) groups excluding carboxylic acids is 2. The molecule has 0 aliphatic carbocycles. The first kappa shape index (κ1) is 20.7. The number of aryl methyl sites for hydroxylation is 1. The minimum atomic E-state index is -0.890. The minimum Gasteiger partial charge on any atom is -0.454 e. The largest absolute Gasteiger partial charge is 0.454 e. The van der Waals surface area contributed by atoms with Crippen molar-refractivity contribution in [3.05, 3.63) is 81.4 Å². The summed E-state index contributed by atoms with van der Waals surface area (Å²) in [6.07, 6.45) is 2.84. The molecule has 0 atom stereocenters. The number of rotatable bonds is 5. The van der Waals surface area contributed by atoms with Crippen LogP contribution in [0.3, 0.4) is 0 Å². The summed E-state index contributed by atoms with van der Waals surface area (Å²) in [5.74, 6) is -0.00177. The van der Waals surface area contributed by atoms with Gasteiger partial charge in [-0.2, -0.15) is 0 Å². The Labute approximate surface area is 175 Å². The fraction of sp³-hybridized carbons (Fsp3) is 0.0526. The average molecular weight is 428 g/mol. The third-order valence-electron chi connectivity index (χ3n) is 3.83. The van der Waals surface area contributed by atoms with Gasteiger partial charge >= 0.3 is 6.03 Å². The summed E-state index contributed by atoms with van der Waals surface area (Å²) in [4.78, 5) is 42.3. The summed E-state index contributed by atoms with van der Waals surface area (Å²) in [5, 5.41) is 15.7. The van der Waals surface area contributed by atoms with Crippen LogP contribution in [0.4, 0.5) is 16.2 Å². The van der Waals surface area contributed by atoms with Crippen LogP contribution in [0.1, 0.15) is 15.9 Å². The average Bonchev–Trinajstić information content (AvgIpc) is 2.71. The number of para-hydroxylation sites is 1. The van der Waals surface area contributed by atoms with Crippen LogP contribution < -0.4 is 15.4 Å². The van der Waals surface area contributed by atoms with Crippen LogP contribution in [0, 0.1) is 17.0 Å². The third kappa shape index (κ3) is 5.06. The van der Waals surface area contributed by atoms with Crippen molar-refractivity contribution in [1.29, 1.82) is 0 Å². The first-order valence-electron chi connectivity index (χ1n) is 8.45. The molecule has 2 aromatic carbocycles. The van der Waals surface area contributed by atoms with Crippen molar-refractivity contribution < 1.29 is 19.2 Å². The predicted octanol–water partition coefficient (Wildman–Crippen LogP) is 4.10. The maximum absolute atomic E-state index is 12.2. The van der Waals surface area contributed by atoms with E-state index in [4.69, 9.17) is 16.3 Å². The summed E-state index contributed by atoms with van der Waals surface area (Å²) in [6, 6.07) is 9.31. The maximum Gasteiger partial charge on any atom is 0.326 e. The number of hydrogen-bond acceptors (Lipinski definition) is 7. The van der Waals surface area contributed by atoms with E-state index < -0.39 is 22.5 Å². The van der Waals surface area contributed by atoms with Gasteiger partial charge in [0.1, 0.15) is 11.3 Å². The quantitative estimate of drug-likeness (QED) is 0.355. The van der Waals surface area contributed by atoms with Crippen LogP contribution >= 0.6 is 11.6 Å². The Morgan fingerprint density at radius 2 is 1.83 bits per heavy atom. The van der Waals surface area contributed by atoms with E-state index in [1.807, 2.05) is 0 Å². The number of imide groups is 1. The van der Waals surface area contributed by atoms with Crippen LogP contribution in [-0.4, -0.2) is 26.8 Å². The molecule has 10 nitrogen and oxygen atoms in total. The molecule has 3 aromatic rings. The normalized spacial score (nSPS) is 10.2. The molecular formula is C19H14ClN5O5. The lowest BCUT2D eigenvalue weighted by Crippen LogP contribution is -2.34. The number of hydrogen-bond donors (Lipinski definition) is 2. The second-order valence-corrected chi connectivity index (χ2v) is 6.29. The van der Waals surface area contributed by atoms with Crippen LogP contribution in [0.25, 0.3) is 0 Å². The van der Waals surface area contributed by atoms with Crippen molar-refractivity contribution in [2.45, 2.75) is 6.92 Å². The number of nitro groups is 1. The second-order valence-electron chi connectivity index (χ2n) is 5.95. The van der Waals surface area contributed by atoms with Gasteiger partial charge in [0, 0.05) is 11.8 Å². The minimum absolute atomic E-state index is 0.0972. The Balaban J connectivity index is 1.65. The number of halogens is 1. The lowest BCUT2D eigenvalue weighted by molar-refractivity contribution is -0.385. The van der Waals surface area contributed by atoms with Gasteiger partial charge in [0.25, 0.3) is 11.6 Å². The van der Waals surface area contributed by atoms with Crippen molar-refractivity contribution in [2.24, 2.45) is 0 Å². The molecule has 0 saturated heterocycles. The molecule has 0 saturated carbocycles. The topological polar surface area (TPSA) is 136 Å². The van der Waals surface area contributed by atoms with E-state index in [9.17, 15) is 19.7 Å². The number of nitrogens with zero attached hydrogens (tertiary/aromatic N) is 3. The summed E-state index contributed by atoms with van der Waals surface area (Å²) in [7, 11) is 0. The lowest BCUT2D eigenvalue weighted by atomic mass is 10.1. The molecule has 1 heterocycles. The Kier molecular flexibility index (Phi) is 6.18. The number of nitro benzene ring substituents is 1. The van der Waals surface area contributed by atoms with Crippen molar-refractivity contribution in [3.63, 3.8) is 0 Å². The summed E-state index contributed by atoms with van der Waals surface area (Å²) in [6.45, 7) is 1.76. The van der Waals surface area contributed by atoms with Crippen LogP contribution in [0.5, 0.6) is 11.5 Å². The Bertz CT molecular complexity index is 1120. The Morgan fingerprint density at radius 1 is 1.13 bits per heavy atom. The smallest absolute Gasteiger partial charge is 0.326 e. The molecule has 2 N–H and O–H groups in total. The van der Waals surface area contributed by atoms with Gasteiger partial charge in [-0.15, -0.1) is 0 Å². The number of nitrogens with one attached hydrogen (secondary N) is 2. The second kappa shape index (κ2) is 8.97. The van der Waals surface area contributed by atoms with E-state index in [0.29, 0.717) is 22.7 Å². The standard InChI is InChI=1S/C19H14ClN5O5/c1-11-8-12(6-7-16(11)30-13-9-21-18(20)22-10-13)23-19(27)24-17(26)14-4-2-3-5-15(14)25(28)29/h2-10H,1H3,(H2,23,24,26,27). The molecule has 0 aliphatic heterocycles. The first-order valence-corrected chi connectivity index (χ1v) is 8.83. The van der Waals surface area contributed by atoms with Gasteiger partial charge in [0.05, 0.1) is 17.3 Å². The van der Waals surface area contributed by atoms with E-state index in [2.05, 4.69) is 20.6 Å². The molecular weight excluding hydrogens is 414 g/mol. The van der Waals surface area contributed by atoms with Crippen LogP contribution in [0.15, 0.2) is 54.9 Å². The van der Waals surface area contributed by atoms with E-state index >= 15 is 0 Å². The molecule has 1 aromatic heterocycles. The number of aromatic nitrogens is 2. The van der Waals surface area contributed by atoms with Crippen molar-refractivity contribution in [2.75, 3.05) is 5.32 Å². The number of anilines is 1.